The summed E-state index contributed by atoms with van der Waals surface area (Å²) < 4.78 is 5.20. The fraction of sp³-hybridized carbons (Fsp3) is 0.429. The first kappa shape index (κ1) is 19.5. The molecule has 0 aliphatic heterocycles. The predicted molar refractivity (Wildman–Crippen MR) is 107 cm³/mol. The monoisotopic (exact) mass is 386 g/mol. The van der Waals surface area contributed by atoms with Gasteiger partial charge in [-0.2, -0.15) is 0 Å². The van der Waals surface area contributed by atoms with Gasteiger partial charge in [0.05, 0.1) is 24.1 Å². The van der Waals surface area contributed by atoms with Crippen LogP contribution in [0.15, 0.2) is 52.0 Å². The Balaban J connectivity index is 1.53. The first-order chi connectivity index (χ1) is 13.2. The van der Waals surface area contributed by atoms with Gasteiger partial charge in [-0.05, 0) is 37.1 Å². The van der Waals surface area contributed by atoms with E-state index in [0.29, 0.717) is 12.1 Å². The SMILES string of the molecule is O=C(CSc1ccccc1C(=O)NC1CCCCCC1)NCc1ccco1. The lowest BCUT2D eigenvalue weighted by Gasteiger charge is -2.17. The fourth-order valence-corrected chi connectivity index (χ4v) is 4.14. The molecule has 1 aromatic carbocycles. The molecule has 1 saturated carbocycles. The van der Waals surface area contributed by atoms with E-state index in [1.807, 2.05) is 30.3 Å². The topological polar surface area (TPSA) is 71.3 Å². The van der Waals surface area contributed by atoms with Crippen molar-refractivity contribution >= 4 is 23.6 Å². The number of benzene rings is 1. The van der Waals surface area contributed by atoms with Crippen molar-refractivity contribution in [2.24, 2.45) is 0 Å². The highest BCUT2D eigenvalue weighted by molar-refractivity contribution is 8.00. The number of hydrogen-bond donors (Lipinski definition) is 2. The Kier molecular flexibility index (Phi) is 7.39. The van der Waals surface area contributed by atoms with Gasteiger partial charge in [-0.3, -0.25) is 9.59 Å². The van der Waals surface area contributed by atoms with E-state index in [2.05, 4.69) is 10.6 Å². The van der Waals surface area contributed by atoms with Crippen molar-refractivity contribution in [2.75, 3.05) is 5.75 Å². The van der Waals surface area contributed by atoms with Gasteiger partial charge >= 0.3 is 0 Å². The molecule has 1 aromatic heterocycles. The second kappa shape index (κ2) is 10.2. The van der Waals surface area contributed by atoms with E-state index in [9.17, 15) is 9.59 Å². The lowest BCUT2D eigenvalue weighted by Crippen LogP contribution is -2.34. The molecule has 2 aromatic rings. The summed E-state index contributed by atoms with van der Waals surface area (Å²) in [6.07, 6.45) is 8.55. The van der Waals surface area contributed by atoms with Gasteiger partial charge in [0.2, 0.25) is 5.91 Å². The minimum absolute atomic E-state index is 0.0407. The summed E-state index contributed by atoms with van der Waals surface area (Å²) in [4.78, 5) is 25.6. The van der Waals surface area contributed by atoms with Crippen molar-refractivity contribution in [3.63, 3.8) is 0 Å². The van der Waals surface area contributed by atoms with Crippen LogP contribution >= 0.6 is 11.8 Å². The van der Waals surface area contributed by atoms with E-state index in [1.165, 1.54) is 37.4 Å². The average Bonchev–Trinajstić information content (AvgIpc) is 3.08. The van der Waals surface area contributed by atoms with Crippen molar-refractivity contribution in [1.82, 2.24) is 10.6 Å². The number of furan rings is 1. The second-order valence-electron chi connectivity index (χ2n) is 6.80. The smallest absolute Gasteiger partial charge is 0.252 e. The van der Waals surface area contributed by atoms with E-state index in [0.717, 1.165) is 23.5 Å². The summed E-state index contributed by atoms with van der Waals surface area (Å²) in [6, 6.07) is 11.4. The van der Waals surface area contributed by atoms with E-state index in [-0.39, 0.29) is 23.6 Å². The number of carbonyl (C=O) groups is 2. The second-order valence-corrected chi connectivity index (χ2v) is 7.82. The van der Waals surface area contributed by atoms with E-state index in [1.54, 1.807) is 12.3 Å². The maximum absolute atomic E-state index is 12.7. The third-order valence-corrected chi connectivity index (χ3v) is 5.79. The van der Waals surface area contributed by atoms with Gasteiger partial charge in [-0.1, -0.05) is 37.8 Å². The highest BCUT2D eigenvalue weighted by atomic mass is 32.2. The van der Waals surface area contributed by atoms with Gasteiger partial charge in [-0.15, -0.1) is 11.8 Å². The van der Waals surface area contributed by atoms with Crippen LogP contribution in [-0.2, 0) is 11.3 Å². The molecule has 1 fully saturated rings. The number of thioether (sulfide) groups is 1. The van der Waals surface area contributed by atoms with Crippen LogP contribution < -0.4 is 10.6 Å². The summed E-state index contributed by atoms with van der Waals surface area (Å²) >= 11 is 1.38. The van der Waals surface area contributed by atoms with E-state index >= 15 is 0 Å². The summed E-state index contributed by atoms with van der Waals surface area (Å²) in [5.74, 6) is 0.849. The number of hydrogen-bond acceptors (Lipinski definition) is 4. The molecular weight excluding hydrogens is 360 g/mol. The zero-order chi connectivity index (χ0) is 18.9. The third-order valence-electron chi connectivity index (χ3n) is 4.72. The van der Waals surface area contributed by atoms with Crippen LogP contribution in [0.25, 0.3) is 0 Å². The Morgan fingerprint density at radius 3 is 2.56 bits per heavy atom. The fourth-order valence-electron chi connectivity index (χ4n) is 3.26. The molecule has 1 aliphatic carbocycles. The highest BCUT2D eigenvalue weighted by Crippen LogP contribution is 2.24. The molecule has 2 N–H and O–H groups in total. The van der Waals surface area contributed by atoms with Gasteiger partial charge in [-0.25, -0.2) is 0 Å². The molecule has 6 heteroatoms. The normalized spacial score (nSPS) is 15.1. The molecule has 2 amide bonds. The van der Waals surface area contributed by atoms with Crippen molar-refractivity contribution in [3.05, 3.63) is 54.0 Å². The van der Waals surface area contributed by atoms with Crippen LogP contribution in [0.1, 0.15) is 54.6 Å². The van der Waals surface area contributed by atoms with Gasteiger partial charge in [0, 0.05) is 10.9 Å². The lowest BCUT2D eigenvalue weighted by atomic mass is 10.1. The van der Waals surface area contributed by atoms with Crippen LogP contribution in [0.3, 0.4) is 0 Å². The molecule has 144 valence electrons. The molecule has 3 rings (SSSR count). The van der Waals surface area contributed by atoms with Crippen LogP contribution in [-0.4, -0.2) is 23.6 Å². The lowest BCUT2D eigenvalue weighted by molar-refractivity contribution is -0.118. The van der Waals surface area contributed by atoms with Gasteiger partial charge < -0.3 is 15.1 Å². The first-order valence-corrected chi connectivity index (χ1v) is 10.5. The van der Waals surface area contributed by atoms with Crippen LogP contribution in [0.2, 0.25) is 0 Å². The van der Waals surface area contributed by atoms with Crippen molar-refractivity contribution < 1.29 is 14.0 Å². The van der Waals surface area contributed by atoms with Crippen molar-refractivity contribution in [3.8, 4) is 0 Å². The maximum Gasteiger partial charge on any atom is 0.252 e. The summed E-state index contributed by atoms with van der Waals surface area (Å²) in [7, 11) is 0. The number of carbonyl (C=O) groups excluding carboxylic acids is 2. The molecule has 1 aliphatic rings. The van der Waals surface area contributed by atoms with Crippen LogP contribution in [0.4, 0.5) is 0 Å². The molecule has 1 heterocycles. The molecule has 0 bridgehead atoms. The van der Waals surface area contributed by atoms with Crippen LogP contribution in [0, 0.1) is 0 Å². The summed E-state index contributed by atoms with van der Waals surface area (Å²) in [5.41, 5.74) is 0.644. The highest BCUT2D eigenvalue weighted by Gasteiger charge is 2.18. The summed E-state index contributed by atoms with van der Waals surface area (Å²) in [6.45, 7) is 0.371. The predicted octanol–water partition coefficient (Wildman–Crippen LogP) is 4.14. The quantitative estimate of drug-likeness (QED) is 0.554. The van der Waals surface area contributed by atoms with E-state index in [4.69, 9.17) is 4.42 Å². The number of nitrogens with one attached hydrogen (secondary N) is 2. The standard InChI is InChI=1S/C21H26N2O3S/c24-20(22-14-17-10-7-13-26-17)15-27-19-12-6-5-11-18(19)21(25)23-16-8-3-1-2-4-9-16/h5-7,10-13,16H,1-4,8-9,14-15H2,(H,22,24)(H,23,25). The van der Waals surface area contributed by atoms with Gasteiger partial charge in [0.15, 0.2) is 0 Å². The molecule has 0 atom stereocenters. The first-order valence-electron chi connectivity index (χ1n) is 9.54. The molecule has 0 spiro atoms. The zero-order valence-electron chi connectivity index (χ0n) is 15.4. The molecule has 0 unspecified atom stereocenters. The van der Waals surface area contributed by atoms with Crippen LogP contribution in [0.5, 0.6) is 0 Å². The molecular formula is C21H26N2O3S. The minimum Gasteiger partial charge on any atom is -0.467 e. The van der Waals surface area contributed by atoms with Crippen molar-refractivity contribution in [2.45, 2.75) is 56.0 Å². The maximum atomic E-state index is 12.7. The number of rotatable bonds is 7. The third kappa shape index (κ3) is 6.17. The van der Waals surface area contributed by atoms with Gasteiger partial charge in [0.25, 0.3) is 5.91 Å². The average molecular weight is 387 g/mol. The largest absolute Gasteiger partial charge is 0.467 e. The molecule has 5 nitrogen and oxygen atoms in total. The minimum atomic E-state index is -0.0876. The Morgan fingerprint density at radius 1 is 1.04 bits per heavy atom. The Labute approximate surface area is 164 Å². The van der Waals surface area contributed by atoms with E-state index < -0.39 is 0 Å². The molecule has 0 saturated heterocycles. The molecule has 0 radical (unpaired) electrons. The summed E-state index contributed by atoms with van der Waals surface area (Å²) in [5, 5.41) is 6.00. The van der Waals surface area contributed by atoms with Crippen molar-refractivity contribution in [1.29, 1.82) is 0 Å². The Bertz CT molecular complexity index is 738. The molecule has 27 heavy (non-hydrogen) atoms. The Hall–Kier alpha value is -2.21. The zero-order valence-corrected chi connectivity index (χ0v) is 16.2. The number of amides is 2. The Morgan fingerprint density at radius 2 is 1.81 bits per heavy atom. The van der Waals surface area contributed by atoms with Gasteiger partial charge in [0.1, 0.15) is 5.76 Å².